The molecule has 2 aromatic carbocycles. The molecule has 3 heterocycles. The summed E-state index contributed by atoms with van der Waals surface area (Å²) in [6, 6.07) is 12.2. The summed E-state index contributed by atoms with van der Waals surface area (Å²) in [6.07, 6.45) is 0. The van der Waals surface area contributed by atoms with E-state index in [-0.39, 0.29) is 10.8 Å². The van der Waals surface area contributed by atoms with Gasteiger partial charge in [0.25, 0.3) is 11.7 Å². The van der Waals surface area contributed by atoms with Crippen LogP contribution in [0, 0.1) is 0 Å². The first-order valence-electron chi connectivity index (χ1n) is 9.43. The zero-order valence-electron chi connectivity index (χ0n) is 15.6. The molecular weight excluding hydrogens is 396 g/mol. The van der Waals surface area contributed by atoms with E-state index in [9.17, 15) is 13.2 Å². The van der Waals surface area contributed by atoms with Crippen molar-refractivity contribution in [2.24, 2.45) is 0 Å². The molecule has 2 fully saturated rings. The summed E-state index contributed by atoms with van der Waals surface area (Å²) in [7, 11) is -3.68. The third-order valence-electron chi connectivity index (χ3n) is 5.40. The van der Waals surface area contributed by atoms with Crippen LogP contribution in [0.25, 0.3) is 11.1 Å². The van der Waals surface area contributed by atoms with Crippen LogP contribution in [0.2, 0.25) is 0 Å². The molecule has 1 amide bonds. The molecule has 9 heteroatoms. The number of amides is 1. The van der Waals surface area contributed by atoms with Gasteiger partial charge in [-0.15, -0.1) is 0 Å². The highest BCUT2D eigenvalue weighted by Crippen LogP contribution is 2.44. The van der Waals surface area contributed by atoms with E-state index < -0.39 is 15.8 Å². The Labute approximate surface area is 168 Å². The predicted octanol–water partition coefficient (Wildman–Crippen LogP) is 1.53. The predicted molar refractivity (Wildman–Crippen MR) is 104 cm³/mol. The van der Waals surface area contributed by atoms with Crippen LogP contribution in [0.3, 0.4) is 0 Å². The van der Waals surface area contributed by atoms with Crippen molar-refractivity contribution >= 4 is 21.6 Å². The number of nitrogens with one attached hydrogen (secondary N) is 1. The molecule has 8 nitrogen and oxygen atoms in total. The van der Waals surface area contributed by atoms with Crippen LogP contribution in [0.4, 0.5) is 5.69 Å². The van der Waals surface area contributed by atoms with Gasteiger partial charge in [0.2, 0.25) is 10.0 Å². The first-order valence-corrected chi connectivity index (χ1v) is 10.9. The molecule has 152 valence electrons. The molecule has 29 heavy (non-hydrogen) atoms. The number of fused-ring (bicyclic) bond motifs is 2. The van der Waals surface area contributed by atoms with Gasteiger partial charge in [0.15, 0.2) is 0 Å². The summed E-state index contributed by atoms with van der Waals surface area (Å²) in [5, 5.41) is 2.78. The average Bonchev–Trinajstić information content (AvgIpc) is 3.35. The minimum absolute atomic E-state index is 0.224. The lowest BCUT2D eigenvalue weighted by molar-refractivity contribution is -0.178. The number of morpholine rings is 1. The van der Waals surface area contributed by atoms with Crippen LogP contribution in [0.1, 0.15) is 5.56 Å². The van der Waals surface area contributed by atoms with Gasteiger partial charge in [0, 0.05) is 24.2 Å². The van der Waals surface area contributed by atoms with Crippen molar-refractivity contribution in [1.29, 1.82) is 0 Å². The molecule has 0 saturated carbocycles. The molecule has 1 N–H and O–H groups in total. The molecule has 3 aliphatic heterocycles. The Bertz CT molecular complexity index is 1070. The smallest absolute Gasteiger partial charge is 0.289 e. The van der Waals surface area contributed by atoms with Crippen molar-refractivity contribution in [3.8, 4) is 11.1 Å². The van der Waals surface area contributed by atoms with Crippen LogP contribution in [0.5, 0.6) is 0 Å². The van der Waals surface area contributed by atoms with Crippen LogP contribution < -0.4 is 5.32 Å². The lowest BCUT2D eigenvalue weighted by Crippen LogP contribution is -2.40. The first-order chi connectivity index (χ1) is 14.0. The van der Waals surface area contributed by atoms with E-state index in [1.165, 1.54) is 4.31 Å². The van der Waals surface area contributed by atoms with Crippen molar-refractivity contribution in [2.45, 2.75) is 10.7 Å². The van der Waals surface area contributed by atoms with Crippen molar-refractivity contribution in [3.63, 3.8) is 0 Å². The van der Waals surface area contributed by atoms with Gasteiger partial charge in [-0.05, 0) is 23.8 Å². The van der Waals surface area contributed by atoms with E-state index in [0.29, 0.717) is 61.9 Å². The van der Waals surface area contributed by atoms with E-state index >= 15 is 0 Å². The first kappa shape index (κ1) is 18.7. The minimum Gasteiger partial charge on any atom is -0.379 e. The Morgan fingerprint density at radius 3 is 2.45 bits per heavy atom. The van der Waals surface area contributed by atoms with Crippen molar-refractivity contribution in [1.82, 2.24) is 4.31 Å². The van der Waals surface area contributed by atoms with E-state index in [1.807, 2.05) is 0 Å². The van der Waals surface area contributed by atoms with Crippen molar-refractivity contribution < 1.29 is 27.4 Å². The number of ether oxygens (including phenoxy) is 3. The molecular formula is C20H20N2O6S. The Morgan fingerprint density at radius 2 is 1.69 bits per heavy atom. The number of anilines is 1. The number of rotatable bonds is 3. The normalized spacial score (nSPS) is 21.3. The highest BCUT2D eigenvalue weighted by Gasteiger charge is 2.52. The number of hydrogen-bond acceptors (Lipinski definition) is 6. The molecule has 2 aromatic rings. The molecule has 3 aliphatic rings. The number of hydrogen-bond donors (Lipinski definition) is 1. The Morgan fingerprint density at radius 1 is 0.966 bits per heavy atom. The molecule has 1 spiro atoms. The van der Waals surface area contributed by atoms with Crippen LogP contribution >= 0.6 is 0 Å². The number of carbonyl (C=O) groups is 1. The molecule has 2 saturated heterocycles. The zero-order valence-corrected chi connectivity index (χ0v) is 16.4. The lowest BCUT2D eigenvalue weighted by atomic mass is 9.99. The van der Waals surface area contributed by atoms with E-state index in [4.69, 9.17) is 14.2 Å². The monoisotopic (exact) mass is 416 g/mol. The highest BCUT2D eigenvalue weighted by molar-refractivity contribution is 7.89. The van der Waals surface area contributed by atoms with E-state index in [2.05, 4.69) is 5.32 Å². The van der Waals surface area contributed by atoms with Gasteiger partial charge in [-0.2, -0.15) is 4.31 Å². The van der Waals surface area contributed by atoms with Gasteiger partial charge in [0.05, 0.1) is 37.0 Å². The molecule has 0 aliphatic carbocycles. The van der Waals surface area contributed by atoms with Gasteiger partial charge >= 0.3 is 0 Å². The SMILES string of the molecule is O=C1Nc2ccc(-c3ccccc3S(=O)(=O)N3CCOCC3)cc2C12OCCO2. The fourth-order valence-electron chi connectivity index (χ4n) is 3.98. The van der Waals surface area contributed by atoms with E-state index in [0.717, 1.165) is 0 Å². The Balaban J connectivity index is 1.60. The fourth-order valence-corrected chi connectivity index (χ4v) is 5.60. The number of carbonyl (C=O) groups excluding carboxylic acids is 1. The maximum atomic E-state index is 13.3. The minimum atomic E-state index is -3.68. The summed E-state index contributed by atoms with van der Waals surface area (Å²) in [5.74, 6) is -1.82. The lowest BCUT2D eigenvalue weighted by Gasteiger charge is -2.27. The van der Waals surface area contributed by atoms with Crippen molar-refractivity contribution in [2.75, 3.05) is 44.8 Å². The highest BCUT2D eigenvalue weighted by atomic mass is 32.2. The summed E-state index contributed by atoms with van der Waals surface area (Å²) in [5.41, 5.74) is 2.41. The maximum Gasteiger partial charge on any atom is 0.289 e. The van der Waals surface area contributed by atoms with Gasteiger partial charge < -0.3 is 19.5 Å². The van der Waals surface area contributed by atoms with Crippen molar-refractivity contribution in [3.05, 3.63) is 48.0 Å². The summed E-state index contributed by atoms with van der Waals surface area (Å²) < 4.78 is 44.6. The molecule has 0 aromatic heterocycles. The standard InChI is InChI=1S/C20H20N2O6S/c23-19-20(27-11-12-28-20)16-13-14(5-6-17(16)21-19)15-3-1-2-4-18(15)29(24,25)22-7-9-26-10-8-22/h1-6,13H,7-12H2,(H,21,23). The summed E-state index contributed by atoms with van der Waals surface area (Å²) >= 11 is 0. The van der Waals surface area contributed by atoms with Crippen LogP contribution in [0.15, 0.2) is 47.4 Å². The maximum absolute atomic E-state index is 13.3. The summed E-state index contributed by atoms with van der Waals surface area (Å²) in [6.45, 7) is 2.04. The molecule has 0 radical (unpaired) electrons. The fraction of sp³-hybridized carbons (Fsp3) is 0.350. The van der Waals surface area contributed by atoms with E-state index in [1.54, 1.807) is 42.5 Å². The van der Waals surface area contributed by atoms with Crippen LogP contribution in [-0.2, 0) is 34.8 Å². The largest absolute Gasteiger partial charge is 0.379 e. The quantitative estimate of drug-likeness (QED) is 0.816. The molecule has 0 unspecified atom stereocenters. The van der Waals surface area contributed by atoms with Crippen LogP contribution in [-0.4, -0.2) is 58.1 Å². The number of sulfonamides is 1. The third kappa shape index (κ3) is 2.89. The van der Waals surface area contributed by atoms with Gasteiger partial charge in [-0.3, -0.25) is 4.79 Å². The molecule has 0 bridgehead atoms. The summed E-state index contributed by atoms with van der Waals surface area (Å²) in [4.78, 5) is 12.7. The van der Waals surface area contributed by atoms with Gasteiger partial charge in [-0.25, -0.2) is 8.42 Å². The number of nitrogens with zero attached hydrogens (tertiary/aromatic N) is 1. The van der Waals surface area contributed by atoms with Gasteiger partial charge in [-0.1, -0.05) is 24.3 Å². The Kier molecular flexibility index (Phi) is 4.45. The number of benzene rings is 2. The third-order valence-corrected chi connectivity index (χ3v) is 7.36. The second-order valence-corrected chi connectivity index (χ2v) is 8.95. The Hall–Kier alpha value is -2.30. The zero-order chi connectivity index (χ0) is 20.1. The molecule has 0 atom stereocenters. The second kappa shape index (κ2) is 6.89. The van der Waals surface area contributed by atoms with Gasteiger partial charge in [0.1, 0.15) is 0 Å². The average molecular weight is 416 g/mol. The molecule has 5 rings (SSSR count). The topological polar surface area (TPSA) is 94.2 Å². The second-order valence-electron chi connectivity index (χ2n) is 7.04.